The first kappa shape index (κ1) is 18.8. The molecule has 1 aliphatic carbocycles. The van der Waals surface area contributed by atoms with Crippen LogP contribution in [0.5, 0.6) is 5.75 Å². The zero-order valence-corrected chi connectivity index (χ0v) is 16.5. The summed E-state index contributed by atoms with van der Waals surface area (Å²) in [7, 11) is -0.620. The van der Waals surface area contributed by atoms with Crippen LogP contribution in [0.3, 0.4) is 0 Å². The van der Waals surface area contributed by atoms with Crippen LogP contribution in [0, 0.1) is 0 Å². The van der Waals surface area contributed by atoms with Crippen LogP contribution in [-0.4, -0.2) is 48.9 Å². The van der Waals surface area contributed by atoms with Gasteiger partial charge >= 0.3 is 0 Å². The highest BCUT2D eigenvalue weighted by Gasteiger charge is 2.38. The van der Waals surface area contributed by atoms with Crippen molar-refractivity contribution in [2.24, 2.45) is 0 Å². The van der Waals surface area contributed by atoms with E-state index in [1.807, 2.05) is 18.3 Å². The molecule has 2 heterocycles. The summed E-state index contributed by atoms with van der Waals surface area (Å²) in [4.78, 5) is 0. The number of sulfonamides is 1. The molecule has 1 unspecified atom stereocenters. The van der Waals surface area contributed by atoms with E-state index in [1.165, 1.54) is 14.2 Å². The summed E-state index contributed by atoms with van der Waals surface area (Å²) in [6.45, 7) is 0.526. The molecular weight excluding hydrogens is 384 g/mol. The predicted octanol–water partition coefficient (Wildman–Crippen LogP) is 2.39. The monoisotopic (exact) mass is 406 g/mol. The van der Waals surface area contributed by atoms with Crippen LogP contribution in [0.2, 0.25) is 0 Å². The SMILES string of the molecule is COc1cc(Cn2cccn2)cc2onc(NS(=O)(=O)C3CCC[C@H]3OC)c12. The second kappa shape index (κ2) is 7.44. The standard InChI is InChI=1S/C18H22N4O5S/c1-25-13-5-3-6-16(13)28(23,24)21-18-17-14(26-2)9-12(10-15(17)27-20-18)11-22-8-4-7-19-22/h4,7-10,13,16H,3,5-6,11H2,1-2H3,(H,20,21)/t13-,16?/m1/s1. The fourth-order valence-electron chi connectivity index (χ4n) is 3.72. The molecule has 150 valence electrons. The molecule has 1 N–H and O–H groups in total. The third kappa shape index (κ3) is 3.45. The number of hydrogen-bond donors (Lipinski definition) is 1. The lowest BCUT2D eigenvalue weighted by molar-refractivity contribution is 0.111. The number of rotatable bonds is 7. The first-order valence-corrected chi connectivity index (χ1v) is 10.5. The Labute approximate surface area is 162 Å². The summed E-state index contributed by atoms with van der Waals surface area (Å²) >= 11 is 0. The molecule has 1 saturated carbocycles. The molecule has 2 aromatic heterocycles. The van der Waals surface area contributed by atoms with Crippen molar-refractivity contribution in [1.29, 1.82) is 0 Å². The van der Waals surface area contributed by atoms with E-state index in [1.54, 1.807) is 16.9 Å². The van der Waals surface area contributed by atoms with Gasteiger partial charge in [0.25, 0.3) is 0 Å². The quantitative estimate of drug-likeness (QED) is 0.642. The van der Waals surface area contributed by atoms with Crippen molar-refractivity contribution in [3.63, 3.8) is 0 Å². The van der Waals surface area contributed by atoms with Gasteiger partial charge in [0.05, 0.1) is 19.8 Å². The van der Waals surface area contributed by atoms with Crippen molar-refractivity contribution in [3.05, 3.63) is 36.2 Å². The van der Waals surface area contributed by atoms with Crippen molar-refractivity contribution >= 4 is 26.8 Å². The molecule has 9 nitrogen and oxygen atoms in total. The minimum Gasteiger partial charge on any atom is -0.496 e. The fourth-order valence-corrected chi connectivity index (χ4v) is 5.40. The molecule has 1 aliphatic rings. The van der Waals surface area contributed by atoms with Gasteiger partial charge in [-0.25, -0.2) is 8.42 Å². The van der Waals surface area contributed by atoms with E-state index in [-0.39, 0.29) is 11.9 Å². The Kier molecular flexibility index (Phi) is 4.98. The average molecular weight is 406 g/mol. The number of anilines is 1. The maximum atomic E-state index is 12.9. The Morgan fingerprint density at radius 2 is 2.18 bits per heavy atom. The van der Waals surface area contributed by atoms with E-state index in [2.05, 4.69) is 15.0 Å². The van der Waals surface area contributed by atoms with Gasteiger partial charge in [0.1, 0.15) is 16.4 Å². The van der Waals surface area contributed by atoms with Gasteiger partial charge in [0.2, 0.25) is 10.0 Å². The Morgan fingerprint density at radius 1 is 1.32 bits per heavy atom. The van der Waals surface area contributed by atoms with Crippen LogP contribution in [0.1, 0.15) is 24.8 Å². The number of aromatic nitrogens is 3. The molecule has 3 aromatic rings. The number of benzene rings is 1. The molecule has 2 atom stereocenters. The molecule has 0 saturated heterocycles. The van der Waals surface area contributed by atoms with Crippen LogP contribution in [0.15, 0.2) is 35.1 Å². The van der Waals surface area contributed by atoms with E-state index in [0.717, 1.165) is 18.4 Å². The molecule has 0 spiro atoms. The zero-order chi connectivity index (χ0) is 19.7. The Hall–Kier alpha value is -2.59. The van der Waals surface area contributed by atoms with E-state index in [9.17, 15) is 8.42 Å². The molecule has 0 amide bonds. The summed E-state index contributed by atoms with van der Waals surface area (Å²) < 4.78 is 46.3. The van der Waals surface area contributed by atoms with Gasteiger partial charge in [-0.1, -0.05) is 5.16 Å². The number of nitrogens with zero attached hydrogens (tertiary/aromatic N) is 3. The van der Waals surface area contributed by atoms with Crippen molar-refractivity contribution < 1.29 is 22.4 Å². The largest absolute Gasteiger partial charge is 0.496 e. The molecule has 0 aliphatic heterocycles. The second-order valence-corrected chi connectivity index (χ2v) is 8.70. The lowest BCUT2D eigenvalue weighted by atomic mass is 10.1. The zero-order valence-electron chi connectivity index (χ0n) is 15.7. The van der Waals surface area contributed by atoms with Crippen LogP contribution in [0.25, 0.3) is 11.0 Å². The first-order valence-electron chi connectivity index (χ1n) is 9.00. The van der Waals surface area contributed by atoms with Crippen molar-refractivity contribution in [1.82, 2.24) is 14.9 Å². The maximum Gasteiger partial charge on any atom is 0.239 e. The molecule has 28 heavy (non-hydrogen) atoms. The Balaban J connectivity index is 1.66. The molecule has 4 rings (SSSR count). The predicted molar refractivity (Wildman–Crippen MR) is 103 cm³/mol. The minimum atomic E-state index is -3.68. The fraction of sp³-hybridized carbons (Fsp3) is 0.444. The van der Waals surface area contributed by atoms with Gasteiger partial charge in [-0.3, -0.25) is 9.40 Å². The summed E-state index contributed by atoms with van der Waals surface area (Å²) in [5, 5.41) is 8.00. The van der Waals surface area contributed by atoms with E-state index < -0.39 is 15.3 Å². The van der Waals surface area contributed by atoms with Crippen molar-refractivity contribution in [3.8, 4) is 5.75 Å². The number of ether oxygens (including phenoxy) is 2. The highest BCUT2D eigenvalue weighted by Crippen LogP contribution is 2.36. The van der Waals surface area contributed by atoms with Crippen LogP contribution < -0.4 is 9.46 Å². The van der Waals surface area contributed by atoms with Gasteiger partial charge < -0.3 is 14.0 Å². The summed E-state index contributed by atoms with van der Waals surface area (Å²) in [6, 6.07) is 5.47. The van der Waals surface area contributed by atoms with E-state index >= 15 is 0 Å². The van der Waals surface area contributed by atoms with Gasteiger partial charge in [0, 0.05) is 19.5 Å². The van der Waals surface area contributed by atoms with E-state index in [0.29, 0.717) is 29.7 Å². The van der Waals surface area contributed by atoms with Gasteiger partial charge in [-0.15, -0.1) is 0 Å². The number of fused-ring (bicyclic) bond motifs is 1. The summed E-state index contributed by atoms with van der Waals surface area (Å²) in [5.41, 5.74) is 1.34. The average Bonchev–Trinajstić information content (AvgIpc) is 3.42. The lowest BCUT2D eigenvalue weighted by Crippen LogP contribution is -2.35. The number of methoxy groups -OCH3 is 2. The highest BCUT2D eigenvalue weighted by molar-refractivity contribution is 7.93. The lowest BCUT2D eigenvalue weighted by Gasteiger charge is -2.18. The van der Waals surface area contributed by atoms with Crippen LogP contribution in [0.4, 0.5) is 5.82 Å². The van der Waals surface area contributed by atoms with Crippen molar-refractivity contribution in [2.45, 2.75) is 37.2 Å². The molecule has 1 aromatic carbocycles. The molecule has 0 bridgehead atoms. The second-order valence-electron chi connectivity index (χ2n) is 6.80. The number of hydrogen-bond acceptors (Lipinski definition) is 7. The summed E-state index contributed by atoms with van der Waals surface area (Å²) in [6.07, 6.45) is 5.32. The van der Waals surface area contributed by atoms with E-state index in [4.69, 9.17) is 14.0 Å². The van der Waals surface area contributed by atoms with Gasteiger partial charge in [-0.05, 0) is 43.0 Å². The minimum absolute atomic E-state index is 0.124. The van der Waals surface area contributed by atoms with Crippen LogP contribution in [-0.2, 0) is 21.3 Å². The van der Waals surface area contributed by atoms with Gasteiger partial charge in [-0.2, -0.15) is 5.10 Å². The topological polar surface area (TPSA) is 108 Å². The normalized spacial score (nSPS) is 19.9. The van der Waals surface area contributed by atoms with Crippen LogP contribution >= 0.6 is 0 Å². The third-order valence-corrected chi connectivity index (χ3v) is 6.87. The highest BCUT2D eigenvalue weighted by atomic mass is 32.2. The van der Waals surface area contributed by atoms with Gasteiger partial charge in [0.15, 0.2) is 11.4 Å². The van der Waals surface area contributed by atoms with Crippen molar-refractivity contribution in [2.75, 3.05) is 18.9 Å². The third-order valence-electron chi connectivity index (χ3n) is 5.05. The first-order chi connectivity index (χ1) is 13.5. The molecule has 1 fully saturated rings. The maximum absolute atomic E-state index is 12.9. The molecule has 0 radical (unpaired) electrons. The smallest absolute Gasteiger partial charge is 0.239 e. The summed E-state index contributed by atoms with van der Waals surface area (Å²) in [5.74, 6) is 0.604. The number of nitrogens with one attached hydrogen (secondary N) is 1. The Bertz CT molecular complexity index is 1060. The Morgan fingerprint density at radius 3 is 2.89 bits per heavy atom. The molecular formula is C18H22N4O5S. The molecule has 10 heteroatoms.